The Bertz CT molecular complexity index is 1060. The van der Waals surface area contributed by atoms with Crippen molar-refractivity contribution in [1.82, 2.24) is 10.2 Å². The second-order valence-electron chi connectivity index (χ2n) is 7.73. The van der Waals surface area contributed by atoms with Gasteiger partial charge >= 0.3 is 0 Å². The third kappa shape index (κ3) is 5.21. The molecule has 0 saturated carbocycles. The highest BCUT2D eigenvalue weighted by atomic mass is 35.5. The third-order valence-electron chi connectivity index (χ3n) is 5.20. The molecule has 0 fully saturated rings. The van der Waals surface area contributed by atoms with Crippen molar-refractivity contribution in [2.24, 2.45) is 0 Å². The number of carbonyl (C=O) groups is 1. The lowest BCUT2D eigenvalue weighted by molar-refractivity contribution is 0.0917. The smallest absolute Gasteiger partial charge is 0.287 e. The van der Waals surface area contributed by atoms with Crippen molar-refractivity contribution in [3.8, 4) is 11.5 Å². The van der Waals surface area contributed by atoms with Crippen LogP contribution in [0.2, 0.25) is 5.02 Å². The molecule has 0 saturated heterocycles. The first kappa shape index (κ1) is 21.3. The van der Waals surface area contributed by atoms with Gasteiger partial charge in [-0.05, 0) is 55.3 Å². The highest BCUT2D eigenvalue weighted by Gasteiger charge is 2.18. The number of hydrogen-bond donors (Lipinski definition) is 1. The Hall–Kier alpha value is -2.96. The highest BCUT2D eigenvalue weighted by Crippen LogP contribution is 2.32. The summed E-state index contributed by atoms with van der Waals surface area (Å²) >= 11 is 6.32. The zero-order chi connectivity index (χ0) is 21.8. The van der Waals surface area contributed by atoms with Crippen LogP contribution in [-0.2, 0) is 19.6 Å². The fraction of sp³-hybridized carbons (Fsp3) is 0.292. The molecule has 1 N–H and O–H groups in total. The number of halogens is 1. The second kappa shape index (κ2) is 9.45. The molecule has 162 valence electrons. The van der Waals surface area contributed by atoms with Gasteiger partial charge in [-0.2, -0.15) is 0 Å². The molecule has 0 atom stereocenters. The number of amides is 1. The standard InChI is InChI=1S/C24H25ClN2O4/c1-16(2)27(13-18-5-3-4-6-20(18)25)14-19-8-10-22(31-19)24(28)26-12-17-7-9-21-23(11-17)30-15-29-21/h3-11,16H,12-15H2,1-2H3,(H,26,28). The normalized spacial score (nSPS) is 12.5. The average Bonchev–Trinajstić information content (AvgIpc) is 3.42. The van der Waals surface area contributed by atoms with Crippen molar-refractivity contribution < 1.29 is 18.7 Å². The molecule has 1 aliphatic heterocycles. The zero-order valence-electron chi connectivity index (χ0n) is 17.6. The van der Waals surface area contributed by atoms with E-state index >= 15 is 0 Å². The van der Waals surface area contributed by atoms with Gasteiger partial charge < -0.3 is 19.2 Å². The van der Waals surface area contributed by atoms with E-state index in [0.717, 1.165) is 27.7 Å². The molecular formula is C24H25ClN2O4. The fourth-order valence-corrected chi connectivity index (χ4v) is 3.57. The number of ether oxygens (including phenoxy) is 2. The Kier molecular flexibility index (Phi) is 6.49. The van der Waals surface area contributed by atoms with Gasteiger partial charge in [0.15, 0.2) is 17.3 Å². The molecule has 1 aliphatic rings. The summed E-state index contributed by atoms with van der Waals surface area (Å²) in [6.07, 6.45) is 0. The Morgan fingerprint density at radius 1 is 1.06 bits per heavy atom. The topological polar surface area (TPSA) is 63.9 Å². The molecule has 3 aromatic rings. The number of nitrogens with zero attached hydrogens (tertiary/aromatic N) is 1. The molecule has 0 aliphatic carbocycles. The van der Waals surface area contributed by atoms with Gasteiger partial charge in [0.2, 0.25) is 6.79 Å². The zero-order valence-corrected chi connectivity index (χ0v) is 18.3. The Labute approximate surface area is 186 Å². The van der Waals surface area contributed by atoms with E-state index in [4.69, 9.17) is 25.5 Å². The number of furan rings is 1. The van der Waals surface area contributed by atoms with Crippen molar-refractivity contribution >= 4 is 17.5 Å². The Balaban J connectivity index is 1.36. The van der Waals surface area contributed by atoms with E-state index in [9.17, 15) is 4.79 Å². The second-order valence-corrected chi connectivity index (χ2v) is 8.13. The molecule has 7 heteroatoms. The molecule has 6 nitrogen and oxygen atoms in total. The summed E-state index contributed by atoms with van der Waals surface area (Å²) in [6, 6.07) is 17.3. The van der Waals surface area contributed by atoms with Gasteiger partial charge in [0.1, 0.15) is 5.76 Å². The molecule has 1 aromatic heterocycles. The quantitative estimate of drug-likeness (QED) is 0.534. The molecule has 0 spiro atoms. The number of hydrogen-bond acceptors (Lipinski definition) is 5. The maximum absolute atomic E-state index is 12.5. The lowest BCUT2D eigenvalue weighted by Gasteiger charge is -2.26. The summed E-state index contributed by atoms with van der Waals surface area (Å²) in [4.78, 5) is 14.8. The minimum Gasteiger partial charge on any atom is -0.455 e. The predicted octanol–water partition coefficient (Wildman–Crippen LogP) is 5.00. The summed E-state index contributed by atoms with van der Waals surface area (Å²) in [5.74, 6) is 2.17. The largest absolute Gasteiger partial charge is 0.455 e. The van der Waals surface area contributed by atoms with Crippen LogP contribution in [-0.4, -0.2) is 23.6 Å². The summed E-state index contributed by atoms with van der Waals surface area (Å²) in [6.45, 7) is 6.12. The first-order valence-corrected chi connectivity index (χ1v) is 10.6. The van der Waals surface area contributed by atoms with Crippen LogP contribution in [0.1, 0.15) is 41.3 Å². The number of nitrogens with one attached hydrogen (secondary N) is 1. The van der Waals surface area contributed by atoms with E-state index in [1.807, 2.05) is 48.5 Å². The van der Waals surface area contributed by atoms with Crippen molar-refractivity contribution in [1.29, 1.82) is 0 Å². The van der Waals surface area contributed by atoms with Gasteiger partial charge in [-0.25, -0.2) is 0 Å². The van der Waals surface area contributed by atoms with Crippen LogP contribution in [0.3, 0.4) is 0 Å². The SMILES string of the molecule is CC(C)N(Cc1ccc(C(=O)NCc2ccc3c(c2)OCO3)o1)Cc1ccccc1Cl. The van der Waals surface area contributed by atoms with E-state index in [2.05, 4.69) is 24.1 Å². The molecule has 1 amide bonds. The van der Waals surface area contributed by atoms with E-state index in [-0.39, 0.29) is 24.5 Å². The Morgan fingerprint density at radius 2 is 1.87 bits per heavy atom. The molecule has 0 radical (unpaired) electrons. The highest BCUT2D eigenvalue weighted by molar-refractivity contribution is 6.31. The summed E-state index contributed by atoms with van der Waals surface area (Å²) in [5, 5.41) is 3.63. The minimum absolute atomic E-state index is 0.226. The molecular weight excluding hydrogens is 416 g/mol. The van der Waals surface area contributed by atoms with Gasteiger partial charge in [0.25, 0.3) is 5.91 Å². The molecule has 0 bridgehead atoms. The number of rotatable bonds is 8. The lowest BCUT2D eigenvalue weighted by atomic mass is 10.2. The third-order valence-corrected chi connectivity index (χ3v) is 5.56. The van der Waals surface area contributed by atoms with Gasteiger partial charge in [0, 0.05) is 24.2 Å². The minimum atomic E-state index is -0.258. The number of carbonyl (C=O) groups excluding carboxylic acids is 1. The van der Waals surface area contributed by atoms with Crippen LogP contribution in [0, 0.1) is 0 Å². The molecule has 0 unspecified atom stereocenters. The fourth-order valence-electron chi connectivity index (χ4n) is 3.37. The monoisotopic (exact) mass is 440 g/mol. The summed E-state index contributed by atoms with van der Waals surface area (Å²) in [7, 11) is 0. The van der Waals surface area contributed by atoms with Crippen LogP contribution in [0.5, 0.6) is 11.5 Å². The van der Waals surface area contributed by atoms with Crippen LogP contribution >= 0.6 is 11.6 Å². The van der Waals surface area contributed by atoms with Crippen molar-refractivity contribution in [3.05, 3.63) is 82.3 Å². The van der Waals surface area contributed by atoms with E-state index in [0.29, 0.717) is 25.4 Å². The van der Waals surface area contributed by atoms with Crippen LogP contribution in [0.15, 0.2) is 59.0 Å². The predicted molar refractivity (Wildman–Crippen MR) is 118 cm³/mol. The first-order chi connectivity index (χ1) is 15.0. The van der Waals surface area contributed by atoms with Gasteiger partial charge in [-0.3, -0.25) is 9.69 Å². The van der Waals surface area contributed by atoms with Gasteiger partial charge in [-0.15, -0.1) is 0 Å². The maximum atomic E-state index is 12.5. The molecule has 31 heavy (non-hydrogen) atoms. The van der Waals surface area contributed by atoms with E-state index in [1.54, 1.807) is 6.07 Å². The van der Waals surface area contributed by atoms with Crippen molar-refractivity contribution in [3.63, 3.8) is 0 Å². The summed E-state index contributed by atoms with van der Waals surface area (Å²) < 4.78 is 16.5. The molecule has 4 rings (SSSR count). The van der Waals surface area contributed by atoms with Crippen LogP contribution in [0.4, 0.5) is 0 Å². The van der Waals surface area contributed by atoms with Crippen molar-refractivity contribution in [2.75, 3.05) is 6.79 Å². The van der Waals surface area contributed by atoms with Crippen LogP contribution < -0.4 is 14.8 Å². The molecule has 2 heterocycles. The van der Waals surface area contributed by atoms with Crippen molar-refractivity contribution in [2.45, 2.75) is 39.5 Å². The first-order valence-electron chi connectivity index (χ1n) is 10.2. The van der Waals surface area contributed by atoms with Gasteiger partial charge in [-0.1, -0.05) is 35.9 Å². The Morgan fingerprint density at radius 3 is 2.68 bits per heavy atom. The average molecular weight is 441 g/mol. The molecule has 2 aromatic carbocycles. The summed E-state index contributed by atoms with van der Waals surface area (Å²) in [5.41, 5.74) is 1.99. The number of benzene rings is 2. The van der Waals surface area contributed by atoms with Gasteiger partial charge in [0.05, 0.1) is 6.54 Å². The van der Waals surface area contributed by atoms with E-state index in [1.165, 1.54) is 0 Å². The number of fused-ring (bicyclic) bond motifs is 1. The van der Waals surface area contributed by atoms with E-state index < -0.39 is 0 Å². The maximum Gasteiger partial charge on any atom is 0.287 e. The van der Waals surface area contributed by atoms with Crippen LogP contribution in [0.25, 0.3) is 0 Å². The lowest BCUT2D eigenvalue weighted by Crippen LogP contribution is -2.29.